The molecule has 2 N–H and O–H groups in total. The van der Waals surface area contributed by atoms with E-state index in [-0.39, 0.29) is 5.91 Å². The van der Waals surface area contributed by atoms with E-state index in [1.54, 1.807) is 7.11 Å². The minimum absolute atomic E-state index is 0.151. The number of ether oxygens (including phenoxy) is 1. The SMILES string of the molecule is COc1ccc(CCNC(=O)CC2CCCCN2)cc1. The number of nitrogens with one attached hydrogen (secondary N) is 2. The van der Waals surface area contributed by atoms with Crippen molar-refractivity contribution in [2.75, 3.05) is 20.2 Å². The Kier molecular flexibility index (Phi) is 5.87. The Bertz CT molecular complexity index is 411. The molecule has 1 aliphatic heterocycles. The Morgan fingerprint density at radius 1 is 1.35 bits per heavy atom. The first-order chi connectivity index (χ1) is 9.78. The highest BCUT2D eigenvalue weighted by Gasteiger charge is 2.15. The summed E-state index contributed by atoms with van der Waals surface area (Å²) in [6.45, 7) is 1.74. The summed E-state index contributed by atoms with van der Waals surface area (Å²) in [6, 6.07) is 8.33. The molecule has 4 heteroatoms. The second-order valence-corrected chi connectivity index (χ2v) is 5.30. The lowest BCUT2D eigenvalue weighted by atomic mass is 10.0. The molecular formula is C16H24N2O2. The van der Waals surface area contributed by atoms with Gasteiger partial charge in [0.25, 0.3) is 0 Å². The molecule has 1 unspecified atom stereocenters. The molecule has 1 saturated heterocycles. The van der Waals surface area contributed by atoms with E-state index in [0.29, 0.717) is 19.0 Å². The molecule has 4 nitrogen and oxygen atoms in total. The van der Waals surface area contributed by atoms with E-state index in [1.807, 2.05) is 24.3 Å². The van der Waals surface area contributed by atoms with Crippen LogP contribution in [0.15, 0.2) is 24.3 Å². The third-order valence-corrected chi connectivity index (χ3v) is 3.74. The number of methoxy groups -OCH3 is 1. The molecule has 0 aliphatic carbocycles. The molecule has 0 saturated carbocycles. The zero-order chi connectivity index (χ0) is 14.2. The van der Waals surface area contributed by atoms with Gasteiger partial charge in [-0.15, -0.1) is 0 Å². The van der Waals surface area contributed by atoms with Gasteiger partial charge in [0.1, 0.15) is 5.75 Å². The molecule has 2 rings (SSSR count). The molecule has 1 aromatic rings. The first kappa shape index (κ1) is 14.9. The maximum atomic E-state index is 11.8. The first-order valence-corrected chi connectivity index (χ1v) is 7.41. The van der Waals surface area contributed by atoms with Crippen LogP contribution in [0.1, 0.15) is 31.2 Å². The molecular weight excluding hydrogens is 252 g/mol. The van der Waals surface area contributed by atoms with Gasteiger partial charge in [-0.25, -0.2) is 0 Å². The number of benzene rings is 1. The minimum Gasteiger partial charge on any atom is -0.497 e. The van der Waals surface area contributed by atoms with Crippen LogP contribution in [0.25, 0.3) is 0 Å². The van der Waals surface area contributed by atoms with Gasteiger partial charge >= 0.3 is 0 Å². The van der Waals surface area contributed by atoms with Crippen LogP contribution in [0.3, 0.4) is 0 Å². The molecule has 1 atom stereocenters. The minimum atomic E-state index is 0.151. The van der Waals surface area contributed by atoms with E-state index < -0.39 is 0 Å². The van der Waals surface area contributed by atoms with E-state index in [0.717, 1.165) is 25.1 Å². The van der Waals surface area contributed by atoms with Crippen molar-refractivity contribution in [3.63, 3.8) is 0 Å². The van der Waals surface area contributed by atoms with Crippen LogP contribution in [0.2, 0.25) is 0 Å². The van der Waals surface area contributed by atoms with Crippen LogP contribution < -0.4 is 15.4 Å². The fraction of sp³-hybridized carbons (Fsp3) is 0.562. The van der Waals surface area contributed by atoms with Gasteiger partial charge < -0.3 is 15.4 Å². The summed E-state index contributed by atoms with van der Waals surface area (Å²) in [5, 5.41) is 6.39. The smallest absolute Gasteiger partial charge is 0.221 e. The maximum Gasteiger partial charge on any atom is 0.221 e. The summed E-state index contributed by atoms with van der Waals surface area (Å²) >= 11 is 0. The van der Waals surface area contributed by atoms with Gasteiger partial charge in [0.05, 0.1) is 7.11 Å². The van der Waals surface area contributed by atoms with E-state index in [1.165, 1.54) is 18.4 Å². The van der Waals surface area contributed by atoms with Crippen LogP contribution in [0.5, 0.6) is 5.75 Å². The van der Waals surface area contributed by atoms with E-state index >= 15 is 0 Å². The predicted molar refractivity (Wildman–Crippen MR) is 80.0 cm³/mol. The standard InChI is InChI=1S/C16H24N2O2/c1-20-15-7-5-13(6-8-15)9-11-18-16(19)12-14-4-2-3-10-17-14/h5-8,14,17H,2-4,9-12H2,1H3,(H,18,19). The molecule has 1 heterocycles. The Labute approximate surface area is 120 Å². The second-order valence-electron chi connectivity index (χ2n) is 5.30. The predicted octanol–water partition coefficient (Wildman–Crippen LogP) is 1.89. The number of hydrogen-bond donors (Lipinski definition) is 2. The van der Waals surface area contributed by atoms with Gasteiger partial charge in [-0.2, -0.15) is 0 Å². The number of carbonyl (C=O) groups is 1. The van der Waals surface area contributed by atoms with Crippen LogP contribution >= 0.6 is 0 Å². The topological polar surface area (TPSA) is 50.4 Å². The molecule has 0 spiro atoms. The van der Waals surface area contributed by atoms with Gasteiger partial charge in [-0.05, 0) is 43.5 Å². The highest BCUT2D eigenvalue weighted by Crippen LogP contribution is 2.12. The third kappa shape index (κ3) is 4.85. The summed E-state index contributed by atoms with van der Waals surface area (Å²) < 4.78 is 5.12. The number of amides is 1. The molecule has 1 aliphatic rings. The van der Waals surface area contributed by atoms with Crippen molar-refractivity contribution in [1.82, 2.24) is 10.6 Å². The highest BCUT2D eigenvalue weighted by molar-refractivity contribution is 5.76. The number of piperidine rings is 1. The number of carbonyl (C=O) groups excluding carboxylic acids is 1. The molecule has 1 amide bonds. The van der Waals surface area contributed by atoms with Crippen LogP contribution in [0.4, 0.5) is 0 Å². The Morgan fingerprint density at radius 3 is 2.80 bits per heavy atom. The van der Waals surface area contributed by atoms with Crippen molar-refractivity contribution >= 4 is 5.91 Å². The zero-order valence-electron chi connectivity index (χ0n) is 12.2. The first-order valence-electron chi connectivity index (χ1n) is 7.41. The lowest BCUT2D eigenvalue weighted by Crippen LogP contribution is -2.39. The van der Waals surface area contributed by atoms with Crippen molar-refractivity contribution in [1.29, 1.82) is 0 Å². The van der Waals surface area contributed by atoms with Gasteiger partial charge in [-0.1, -0.05) is 18.6 Å². The van der Waals surface area contributed by atoms with Crippen molar-refractivity contribution in [2.45, 2.75) is 38.1 Å². The largest absolute Gasteiger partial charge is 0.497 e. The molecule has 20 heavy (non-hydrogen) atoms. The summed E-state index contributed by atoms with van der Waals surface area (Å²) in [4.78, 5) is 11.8. The zero-order valence-corrected chi connectivity index (χ0v) is 12.2. The lowest BCUT2D eigenvalue weighted by molar-refractivity contribution is -0.121. The Morgan fingerprint density at radius 2 is 2.15 bits per heavy atom. The number of hydrogen-bond acceptors (Lipinski definition) is 3. The molecule has 0 radical (unpaired) electrons. The molecule has 0 aromatic heterocycles. The van der Waals surface area contributed by atoms with Crippen molar-refractivity contribution in [3.05, 3.63) is 29.8 Å². The maximum absolute atomic E-state index is 11.8. The normalized spacial score (nSPS) is 18.6. The third-order valence-electron chi connectivity index (χ3n) is 3.74. The van der Waals surface area contributed by atoms with E-state index in [9.17, 15) is 4.79 Å². The van der Waals surface area contributed by atoms with Crippen LogP contribution in [-0.4, -0.2) is 32.1 Å². The average Bonchev–Trinajstić information content (AvgIpc) is 2.49. The van der Waals surface area contributed by atoms with Gasteiger partial charge in [-0.3, -0.25) is 4.79 Å². The summed E-state index contributed by atoms with van der Waals surface area (Å²) in [6.07, 6.45) is 5.04. The fourth-order valence-electron chi connectivity index (χ4n) is 2.53. The molecule has 1 fully saturated rings. The van der Waals surface area contributed by atoms with E-state index in [2.05, 4.69) is 10.6 Å². The molecule has 0 bridgehead atoms. The lowest BCUT2D eigenvalue weighted by Gasteiger charge is -2.22. The van der Waals surface area contributed by atoms with Crippen molar-refractivity contribution in [2.24, 2.45) is 0 Å². The summed E-state index contributed by atoms with van der Waals surface area (Å²) in [7, 11) is 1.66. The Hall–Kier alpha value is -1.55. The van der Waals surface area contributed by atoms with Crippen LogP contribution in [0, 0.1) is 0 Å². The quantitative estimate of drug-likeness (QED) is 0.834. The monoisotopic (exact) mass is 276 g/mol. The summed E-state index contributed by atoms with van der Waals surface area (Å²) in [5.74, 6) is 1.01. The molecule has 1 aromatic carbocycles. The number of rotatable bonds is 6. The van der Waals surface area contributed by atoms with Gasteiger partial charge in [0, 0.05) is 19.0 Å². The molecule has 110 valence electrons. The highest BCUT2D eigenvalue weighted by atomic mass is 16.5. The van der Waals surface area contributed by atoms with E-state index in [4.69, 9.17) is 4.74 Å². The van der Waals surface area contributed by atoms with Gasteiger partial charge in [0.15, 0.2) is 0 Å². The van der Waals surface area contributed by atoms with Crippen LogP contribution in [-0.2, 0) is 11.2 Å². The summed E-state index contributed by atoms with van der Waals surface area (Å²) in [5.41, 5.74) is 1.21. The second kappa shape index (κ2) is 7.90. The van der Waals surface area contributed by atoms with Crippen molar-refractivity contribution < 1.29 is 9.53 Å². The van der Waals surface area contributed by atoms with Gasteiger partial charge in [0.2, 0.25) is 5.91 Å². The Balaban J connectivity index is 1.65. The fourth-order valence-corrected chi connectivity index (χ4v) is 2.53. The average molecular weight is 276 g/mol. The van der Waals surface area contributed by atoms with Crippen molar-refractivity contribution in [3.8, 4) is 5.75 Å².